The molecule has 4 aromatic rings. The summed E-state index contributed by atoms with van der Waals surface area (Å²) in [5.41, 5.74) is 0.918. The van der Waals surface area contributed by atoms with E-state index < -0.39 is 9.84 Å². The Morgan fingerprint density at radius 1 is 0.966 bits per heavy atom. The maximum absolute atomic E-state index is 11.1. The molecule has 0 atom stereocenters. The fourth-order valence-corrected chi connectivity index (χ4v) is 3.03. The Labute approximate surface area is 203 Å². The van der Waals surface area contributed by atoms with E-state index in [9.17, 15) is 8.42 Å². The van der Waals surface area contributed by atoms with Crippen LogP contribution in [0.1, 0.15) is 0 Å². The molecule has 16 heteroatoms. The first kappa shape index (κ1) is 25.8. The zero-order chi connectivity index (χ0) is 20.9. The number of hydrogen-bond donors (Lipinski definition) is 2. The first-order chi connectivity index (χ1) is 13.3. The standard InChI is InChI=1S/C6H5BrN4O2S.C6H5BrN4O.CH3O.Na/c1-14(12,13)6-8-2-3-4(7)10-11-5(3)9-6;1-12-6-8-2-3-4(7)10-11-5(3)9-6;1-2;/h2H,1H3,(H,8,9,10,11);2H,1H3,(H,8,9,10,11);1H3;/q;;-1;+1. The maximum atomic E-state index is 11.1. The van der Waals surface area contributed by atoms with Gasteiger partial charge in [0.05, 0.1) is 17.9 Å². The van der Waals surface area contributed by atoms with E-state index in [1.54, 1.807) is 6.20 Å². The van der Waals surface area contributed by atoms with Gasteiger partial charge < -0.3 is 9.84 Å². The molecule has 12 nitrogen and oxygen atoms in total. The second-order valence-corrected chi connectivity index (χ2v) is 8.33. The number of nitrogens with one attached hydrogen (secondary N) is 2. The number of rotatable bonds is 2. The molecule has 0 bridgehead atoms. The molecule has 0 aliphatic rings. The molecule has 4 heterocycles. The van der Waals surface area contributed by atoms with E-state index >= 15 is 0 Å². The number of halogens is 2. The van der Waals surface area contributed by atoms with Crippen molar-refractivity contribution in [2.24, 2.45) is 0 Å². The summed E-state index contributed by atoms with van der Waals surface area (Å²) < 4.78 is 28.5. The minimum absolute atomic E-state index is 0. The smallest absolute Gasteiger partial charge is 0.857 e. The molecule has 0 saturated carbocycles. The summed E-state index contributed by atoms with van der Waals surface area (Å²) in [5, 5.41) is 22.6. The van der Waals surface area contributed by atoms with Crippen molar-refractivity contribution in [1.29, 1.82) is 0 Å². The first-order valence-corrected chi connectivity index (χ1v) is 10.7. The van der Waals surface area contributed by atoms with Crippen molar-refractivity contribution >= 4 is 63.8 Å². The predicted octanol–water partition coefficient (Wildman–Crippen LogP) is -2.38. The minimum atomic E-state index is -3.38. The molecule has 4 rings (SSSR count). The molecular formula is C13H13Br2N8NaO4S. The number of ether oxygens (including phenoxy) is 1. The van der Waals surface area contributed by atoms with Crippen molar-refractivity contribution < 1.29 is 47.8 Å². The van der Waals surface area contributed by atoms with Gasteiger partial charge in [0, 0.05) is 18.6 Å². The van der Waals surface area contributed by atoms with Gasteiger partial charge in [0.1, 0.15) is 9.21 Å². The van der Waals surface area contributed by atoms with Crippen LogP contribution in [-0.2, 0) is 9.84 Å². The van der Waals surface area contributed by atoms with Crippen molar-refractivity contribution in [1.82, 2.24) is 40.3 Å². The van der Waals surface area contributed by atoms with Crippen LogP contribution < -0.4 is 39.4 Å². The molecule has 4 aromatic heterocycles. The molecule has 2 N–H and O–H groups in total. The normalized spacial score (nSPS) is 10.4. The van der Waals surface area contributed by atoms with Gasteiger partial charge in [-0.25, -0.2) is 18.4 Å². The first-order valence-electron chi connectivity index (χ1n) is 7.17. The third kappa shape index (κ3) is 6.37. The number of aromatic nitrogens is 8. The van der Waals surface area contributed by atoms with Crippen LogP contribution in [0.25, 0.3) is 22.1 Å². The average molecular weight is 560 g/mol. The van der Waals surface area contributed by atoms with E-state index in [2.05, 4.69) is 72.2 Å². The van der Waals surface area contributed by atoms with E-state index in [0.29, 0.717) is 27.3 Å². The van der Waals surface area contributed by atoms with Gasteiger partial charge in [-0.2, -0.15) is 27.3 Å². The van der Waals surface area contributed by atoms with Crippen molar-refractivity contribution in [3.63, 3.8) is 0 Å². The summed E-state index contributed by atoms with van der Waals surface area (Å²) >= 11 is 6.47. The molecule has 29 heavy (non-hydrogen) atoms. The van der Waals surface area contributed by atoms with Gasteiger partial charge in [0.25, 0.3) is 0 Å². The zero-order valence-electron chi connectivity index (χ0n) is 15.6. The number of sulfone groups is 1. The number of methoxy groups -OCH3 is 1. The molecule has 0 unspecified atom stereocenters. The topological polar surface area (TPSA) is 175 Å². The molecule has 0 amide bonds. The van der Waals surface area contributed by atoms with Crippen LogP contribution in [-0.4, -0.2) is 69.2 Å². The molecule has 0 fully saturated rings. The SMILES string of the molecule is COc1ncc2c(Br)[nH]nc2n1.CS(=O)(=O)c1ncc2c(Br)[nH]nc2n1.C[O-].[Na+]. The Hall–Kier alpha value is -1.23. The molecule has 0 spiro atoms. The van der Waals surface area contributed by atoms with Crippen LogP contribution in [0.3, 0.4) is 0 Å². The zero-order valence-corrected chi connectivity index (χ0v) is 21.6. The average Bonchev–Trinajstić information content (AvgIpc) is 3.25. The summed E-state index contributed by atoms with van der Waals surface area (Å²) in [6, 6.07) is 0.321. The number of aromatic amines is 2. The summed E-state index contributed by atoms with van der Waals surface area (Å²) in [5.74, 6) is 0. The van der Waals surface area contributed by atoms with Gasteiger partial charge in [-0.3, -0.25) is 10.2 Å². The molecular weight excluding hydrogens is 547 g/mol. The van der Waals surface area contributed by atoms with Crippen molar-refractivity contribution in [3.8, 4) is 6.01 Å². The van der Waals surface area contributed by atoms with E-state index in [4.69, 9.17) is 9.84 Å². The summed E-state index contributed by atoms with van der Waals surface area (Å²) in [6.07, 6.45) is 4.11. The molecule has 0 aliphatic carbocycles. The van der Waals surface area contributed by atoms with Crippen LogP contribution in [0.5, 0.6) is 6.01 Å². The largest absolute Gasteiger partial charge is 1.00 e. The summed E-state index contributed by atoms with van der Waals surface area (Å²) in [6.45, 7) is 0. The van der Waals surface area contributed by atoms with Crippen LogP contribution in [0.4, 0.5) is 0 Å². The maximum Gasteiger partial charge on any atom is 1.00 e. The molecule has 0 radical (unpaired) electrons. The number of hydrogen-bond acceptors (Lipinski definition) is 10. The van der Waals surface area contributed by atoms with Crippen molar-refractivity contribution in [2.75, 3.05) is 20.5 Å². The van der Waals surface area contributed by atoms with Crippen LogP contribution in [0, 0.1) is 0 Å². The van der Waals surface area contributed by atoms with Crippen molar-refractivity contribution in [3.05, 3.63) is 21.6 Å². The van der Waals surface area contributed by atoms with E-state index in [1.165, 1.54) is 13.3 Å². The third-order valence-electron chi connectivity index (χ3n) is 3.00. The molecule has 150 valence electrons. The number of fused-ring (bicyclic) bond motifs is 2. The van der Waals surface area contributed by atoms with E-state index in [-0.39, 0.29) is 34.7 Å². The molecule has 0 saturated heterocycles. The van der Waals surface area contributed by atoms with Gasteiger partial charge in [-0.05, 0) is 31.9 Å². The van der Waals surface area contributed by atoms with Crippen LogP contribution in [0.2, 0.25) is 0 Å². The Morgan fingerprint density at radius 3 is 1.93 bits per heavy atom. The fourth-order valence-electron chi connectivity index (χ4n) is 1.80. The van der Waals surface area contributed by atoms with Gasteiger partial charge >= 0.3 is 35.6 Å². The van der Waals surface area contributed by atoms with Crippen LogP contribution >= 0.6 is 31.9 Å². The number of H-pyrrole nitrogens is 2. The second kappa shape index (κ2) is 11.2. The van der Waals surface area contributed by atoms with E-state index in [1.807, 2.05) is 0 Å². The van der Waals surface area contributed by atoms with Crippen LogP contribution in [0.15, 0.2) is 26.8 Å². The molecule has 0 aromatic carbocycles. The van der Waals surface area contributed by atoms with Crippen molar-refractivity contribution in [2.45, 2.75) is 5.16 Å². The molecule has 0 aliphatic heterocycles. The van der Waals surface area contributed by atoms with E-state index in [0.717, 1.165) is 23.4 Å². The number of nitrogens with zero attached hydrogens (tertiary/aromatic N) is 6. The monoisotopic (exact) mass is 558 g/mol. The Morgan fingerprint density at radius 2 is 1.45 bits per heavy atom. The third-order valence-corrected chi connectivity index (χ3v) is 5.07. The minimum Gasteiger partial charge on any atom is -0.857 e. The van der Waals surface area contributed by atoms with Gasteiger partial charge in [0.2, 0.25) is 15.0 Å². The predicted molar refractivity (Wildman–Crippen MR) is 104 cm³/mol. The second-order valence-electron chi connectivity index (χ2n) is 4.83. The fraction of sp³-hybridized carbons (Fsp3) is 0.231. The Bertz CT molecular complexity index is 1200. The summed E-state index contributed by atoms with van der Waals surface area (Å²) in [4.78, 5) is 15.5. The van der Waals surface area contributed by atoms with Gasteiger partial charge in [-0.15, -0.1) is 0 Å². The quantitative estimate of drug-likeness (QED) is 0.199. The van der Waals surface area contributed by atoms with Gasteiger partial charge in [-0.1, -0.05) is 0 Å². The Balaban J connectivity index is 0.000000261. The van der Waals surface area contributed by atoms with Gasteiger partial charge in [0.15, 0.2) is 11.3 Å². The Kier molecular flexibility index (Phi) is 10.0. The summed E-state index contributed by atoms with van der Waals surface area (Å²) in [7, 11) is -1.11.